The molecule has 0 saturated carbocycles. The number of anilines is 2. The number of H-pyrrole nitrogens is 1. The lowest BCUT2D eigenvalue weighted by atomic mass is 10.2. The lowest BCUT2D eigenvalue weighted by Crippen LogP contribution is -2.01. The van der Waals surface area contributed by atoms with Gasteiger partial charge in [-0.15, -0.1) is 0 Å². The number of benzene rings is 1. The van der Waals surface area contributed by atoms with Crippen LogP contribution in [0.3, 0.4) is 0 Å². The number of nitrogens with two attached hydrogens (primary N) is 1. The van der Waals surface area contributed by atoms with Gasteiger partial charge in [-0.1, -0.05) is 0 Å². The van der Waals surface area contributed by atoms with Gasteiger partial charge in [0.15, 0.2) is 0 Å². The van der Waals surface area contributed by atoms with Gasteiger partial charge in [0.1, 0.15) is 5.75 Å². The van der Waals surface area contributed by atoms with Gasteiger partial charge in [0, 0.05) is 41.3 Å². The van der Waals surface area contributed by atoms with Crippen molar-refractivity contribution in [1.82, 2.24) is 10.2 Å². The van der Waals surface area contributed by atoms with Crippen LogP contribution >= 0.6 is 0 Å². The van der Waals surface area contributed by atoms with Crippen LogP contribution in [0.2, 0.25) is 0 Å². The number of nitrogen functional groups attached to an aromatic ring is 1. The van der Waals surface area contributed by atoms with Crippen molar-refractivity contribution in [3.63, 3.8) is 0 Å². The number of aromatic amines is 1. The highest BCUT2D eigenvalue weighted by atomic mass is 16.5. The van der Waals surface area contributed by atoms with Gasteiger partial charge in [-0.2, -0.15) is 5.10 Å². The van der Waals surface area contributed by atoms with E-state index in [1.807, 2.05) is 25.3 Å². The zero-order valence-corrected chi connectivity index (χ0v) is 9.95. The van der Waals surface area contributed by atoms with Crippen molar-refractivity contribution < 1.29 is 4.74 Å². The smallest absolute Gasteiger partial charge is 0.122 e. The number of methoxy groups -OCH3 is 1. The van der Waals surface area contributed by atoms with E-state index in [1.54, 1.807) is 13.2 Å². The van der Waals surface area contributed by atoms with E-state index in [0.717, 1.165) is 22.7 Å². The van der Waals surface area contributed by atoms with Crippen molar-refractivity contribution in [2.75, 3.05) is 18.2 Å². The Labute approximate surface area is 100.0 Å². The quantitative estimate of drug-likeness (QED) is 0.704. The van der Waals surface area contributed by atoms with Crippen LogP contribution in [0.5, 0.6) is 5.75 Å². The summed E-state index contributed by atoms with van der Waals surface area (Å²) < 4.78 is 5.16. The van der Waals surface area contributed by atoms with Crippen LogP contribution in [0.4, 0.5) is 11.4 Å². The Morgan fingerprint density at radius 1 is 1.41 bits per heavy atom. The third-order valence-electron chi connectivity index (χ3n) is 2.58. The standard InChI is InChI=1S/C12H16N4O/c1-8-9(7-15-16-8)6-14-11-3-10(13)4-12(5-11)17-2/h3-5,7,14H,6,13H2,1-2H3,(H,15,16). The summed E-state index contributed by atoms with van der Waals surface area (Å²) in [5.41, 5.74) is 9.58. The Morgan fingerprint density at radius 2 is 2.24 bits per heavy atom. The molecule has 1 heterocycles. The second-order valence-electron chi connectivity index (χ2n) is 3.87. The fourth-order valence-corrected chi connectivity index (χ4v) is 1.59. The maximum atomic E-state index is 5.78. The molecule has 2 aromatic rings. The van der Waals surface area contributed by atoms with Crippen molar-refractivity contribution >= 4 is 11.4 Å². The molecule has 0 amide bonds. The molecule has 90 valence electrons. The van der Waals surface area contributed by atoms with Crippen LogP contribution in [0.25, 0.3) is 0 Å². The number of rotatable bonds is 4. The average Bonchev–Trinajstić information content (AvgIpc) is 2.71. The predicted molar refractivity (Wildman–Crippen MR) is 68.1 cm³/mol. The molecule has 0 unspecified atom stereocenters. The Hall–Kier alpha value is -2.17. The number of aromatic nitrogens is 2. The molecule has 17 heavy (non-hydrogen) atoms. The summed E-state index contributed by atoms with van der Waals surface area (Å²) in [6.45, 7) is 2.69. The van der Waals surface area contributed by atoms with E-state index in [2.05, 4.69) is 15.5 Å². The Balaban J connectivity index is 2.09. The van der Waals surface area contributed by atoms with Gasteiger partial charge in [-0.25, -0.2) is 0 Å². The molecule has 0 bridgehead atoms. The predicted octanol–water partition coefficient (Wildman–Crippen LogP) is 1.92. The first-order valence-electron chi connectivity index (χ1n) is 5.36. The van der Waals surface area contributed by atoms with Crippen molar-refractivity contribution in [1.29, 1.82) is 0 Å². The van der Waals surface area contributed by atoms with Crippen LogP contribution in [0.15, 0.2) is 24.4 Å². The van der Waals surface area contributed by atoms with Crippen LogP contribution in [-0.4, -0.2) is 17.3 Å². The van der Waals surface area contributed by atoms with Crippen LogP contribution in [-0.2, 0) is 6.54 Å². The molecule has 1 aromatic carbocycles. The molecular formula is C12H16N4O. The highest BCUT2D eigenvalue weighted by Gasteiger charge is 2.02. The van der Waals surface area contributed by atoms with Crippen LogP contribution in [0, 0.1) is 6.92 Å². The second kappa shape index (κ2) is 4.78. The maximum absolute atomic E-state index is 5.78. The third kappa shape index (κ3) is 2.69. The number of hydrogen-bond acceptors (Lipinski definition) is 4. The highest BCUT2D eigenvalue weighted by molar-refractivity contribution is 5.59. The lowest BCUT2D eigenvalue weighted by Gasteiger charge is -2.09. The number of hydrogen-bond donors (Lipinski definition) is 3. The van der Waals surface area contributed by atoms with Gasteiger partial charge < -0.3 is 15.8 Å². The van der Waals surface area contributed by atoms with Gasteiger partial charge in [0.05, 0.1) is 13.3 Å². The minimum Gasteiger partial charge on any atom is -0.497 e. The maximum Gasteiger partial charge on any atom is 0.122 e. The minimum atomic E-state index is 0.677. The molecule has 0 saturated heterocycles. The third-order valence-corrected chi connectivity index (χ3v) is 2.58. The molecule has 0 fully saturated rings. The van der Waals surface area contributed by atoms with E-state index in [4.69, 9.17) is 10.5 Å². The first kappa shape index (κ1) is 11.3. The molecule has 4 N–H and O–H groups in total. The Bertz CT molecular complexity index is 507. The molecule has 2 rings (SSSR count). The normalized spacial score (nSPS) is 10.2. The topological polar surface area (TPSA) is 76.0 Å². The van der Waals surface area contributed by atoms with Crippen molar-refractivity contribution in [2.45, 2.75) is 13.5 Å². The monoisotopic (exact) mass is 232 g/mol. The molecule has 0 aliphatic heterocycles. The van der Waals surface area contributed by atoms with Crippen LogP contribution < -0.4 is 15.8 Å². The Kier molecular flexibility index (Phi) is 3.18. The summed E-state index contributed by atoms with van der Waals surface area (Å²) in [7, 11) is 1.62. The number of nitrogens with zero attached hydrogens (tertiary/aromatic N) is 1. The second-order valence-corrected chi connectivity index (χ2v) is 3.87. The summed E-state index contributed by atoms with van der Waals surface area (Å²) in [6.07, 6.45) is 1.81. The number of ether oxygens (including phenoxy) is 1. The van der Waals surface area contributed by atoms with Gasteiger partial charge in [-0.3, -0.25) is 5.10 Å². The summed E-state index contributed by atoms with van der Waals surface area (Å²) in [5, 5.41) is 10.2. The summed E-state index contributed by atoms with van der Waals surface area (Å²) in [5.74, 6) is 0.747. The van der Waals surface area contributed by atoms with E-state index < -0.39 is 0 Å². The van der Waals surface area contributed by atoms with Crippen molar-refractivity contribution in [3.8, 4) is 5.75 Å². The SMILES string of the molecule is COc1cc(N)cc(NCc2cn[nH]c2C)c1. The lowest BCUT2D eigenvalue weighted by molar-refractivity contribution is 0.415. The Morgan fingerprint density at radius 3 is 2.88 bits per heavy atom. The van der Waals surface area contributed by atoms with E-state index in [0.29, 0.717) is 12.2 Å². The van der Waals surface area contributed by atoms with Crippen LogP contribution in [0.1, 0.15) is 11.3 Å². The first-order valence-corrected chi connectivity index (χ1v) is 5.36. The molecule has 0 aliphatic rings. The van der Waals surface area contributed by atoms with Gasteiger partial charge in [0.25, 0.3) is 0 Å². The number of aryl methyl sites for hydroxylation is 1. The summed E-state index contributed by atoms with van der Waals surface area (Å²) >= 11 is 0. The molecule has 0 atom stereocenters. The average molecular weight is 232 g/mol. The van der Waals surface area contributed by atoms with Gasteiger partial charge in [0.2, 0.25) is 0 Å². The van der Waals surface area contributed by atoms with Crippen molar-refractivity contribution in [3.05, 3.63) is 35.7 Å². The highest BCUT2D eigenvalue weighted by Crippen LogP contribution is 2.22. The fourth-order valence-electron chi connectivity index (χ4n) is 1.59. The van der Waals surface area contributed by atoms with E-state index >= 15 is 0 Å². The van der Waals surface area contributed by atoms with E-state index in [-0.39, 0.29) is 0 Å². The van der Waals surface area contributed by atoms with Gasteiger partial charge in [-0.05, 0) is 13.0 Å². The van der Waals surface area contributed by atoms with E-state index in [9.17, 15) is 0 Å². The first-order chi connectivity index (χ1) is 8.19. The molecule has 0 spiro atoms. The number of nitrogens with one attached hydrogen (secondary N) is 2. The molecule has 1 aromatic heterocycles. The van der Waals surface area contributed by atoms with Gasteiger partial charge >= 0.3 is 0 Å². The summed E-state index contributed by atoms with van der Waals surface area (Å²) in [6, 6.07) is 5.57. The summed E-state index contributed by atoms with van der Waals surface area (Å²) in [4.78, 5) is 0. The molecule has 0 radical (unpaired) electrons. The molecule has 5 heteroatoms. The zero-order chi connectivity index (χ0) is 12.3. The molecule has 5 nitrogen and oxygen atoms in total. The molecular weight excluding hydrogens is 216 g/mol. The zero-order valence-electron chi connectivity index (χ0n) is 9.95. The molecule has 0 aliphatic carbocycles. The minimum absolute atomic E-state index is 0.677. The fraction of sp³-hybridized carbons (Fsp3) is 0.250. The van der Waals surface area contributed by atoms with E-state index in [1.165, 1.54) is 0 Å². The largest absolute Gasteiger partial charge is 0.497 e. The van der Waals surface area contributed by atoms with Crippen molar-refractivity contribution in [2.24, 2.45) is 0 Å².